The maximum atomic E-state index is 12.7. The minimum Gasteiger partial charge on any atom is -0.455 e. The molecule has 1 atom stereocenters. The van der Waals surface area contributed by atoms with Gasteiger partial charge in [-0.3, -0.25) is 4.79 Å². The Bertz CT molecular complexity index is 895. The lowest BCUT2D eigenvalue weighted by molar-refractivity contribution is 0.0995. The Morgan fingerprint density at radius 2 is 1.85 bits per heavy atom. The fourth-order valence-electron chi connectivity index (χ4n) is 2.96. The summed E-state index contributed by atoms with van der Waals surface area (Å²) < 4.78 is 32.2. The van der Waals surface area contributed by atoms with Crippen LogP contribution in [0, 0.1) is 6.92 Å². The van der Waals surface area contributed by atoms with Crippen molar-refractivity contribution in [2.24, 2.45) is 5.73 Å². The number of benzene rings is 1. The van der Waals surface area contributed by atoms with Crippen molar-refractivity contribution in [2.75, 3.05) is 18.4 Å². The lowest BCUT2D eigenvalue weighted by Crippen LogP contribution is -2.28. The maximum absolute atomic E-state index is 12.7. The molecule has 26 heavy (non-hydrogen) atoms. The lowest BCUT2D eigenvalue weighted by Gasteiger charge is -2.14. The van der Waals surface area contributed by atoms with E-state index in [9.17, 15) is 13.2 Å². The monoisotopic (exact) mass is 377 g/mol. The van der Waals surface area contributed by atoms with Crippen LogP contribution in [0.5, 0.6) is 0 Å². The molecule has 2 aromatic rings. The molecule has 1 aromatic carbocycles. The standard InChI is InChI=1S/C18H23N3O4S/c1-12(19)14-5-7-15(8-6-14)20-18(22)16-11-17(13(2)25-16)26(23,24)21-9-3-4-10-21/h5-8,11-12H,3-4,9-10,19H2,1-2H3,(H,20,22)/t12-/m0/s1. The third-order valence-corrected chi connectivity index (χ3v) is 6.48. The number of hydrogen-bond donors (Lipinski definition) is 2. The molecule has 0 saturated carbocycles. The summed E-state index contributed by atoms with van der Waals surface area (Å²) in [6.45, 7) is 4.43. The van der Waals surface area contributed by atoms with Crippen LogP contribution in [-0.2, 0) is 10.0 Å². The highest BCUT2D eigenvalue weighted by molar-refractivity contribution is 7.89. The summed E-state index contributed by atoms with van der Waals surface area (Å²) in [5.41, 5.74) is 7.34. The molecule has 1 aliphatic rings. The van der Waals surface area contributed by atoms with Crippen LogP contribution in [0.2, 0.25) is 0 Å². The first-order chi connectivity index (χ1) is 12.3. The van der Waals surface area contributed by atoms with Gasteiger partial charge in [0, 0.05) is 30.9 Å². The highest BCUT2D eigenvalue weighted by Gasteiger charge is 2.31. The predicted octanol–water partition coefficient (Wildman–Crippen LogP) is 2.64. The second-order valence-electron chi connectivity index (χ2n) is 6.51. The van der Waals surface area contributed by atoms with E-state index >= 15 is 0 Å². The molecular weight excluding hydrogens is 354 g/mol. The SMILES string of the molecule is Cc1oc(C(=O)Nc2ccc([C@H](C)N)cc2)cc1S(=O)(=O)N1CCCC1. The van der Waals surface area contributed by atoms with E-state index in [0.717, 1.165) is 18.4 Å². The van der Waals surface area contributed by atoms with Gasteiger partial charge < -0.3 is 15.5 Å². The molecule has 1 aliphatic heterocycles. The number of nitrogens with two attached hydrogens (primary N) is 1. The third kappa shape index (κ3) is 3.67. The summed E-state index contributed by atoms with van der Waals surface area (Å²) in [5, 5.41) is 2.70. The van der Waals surface area contributed by atoms with E-state index in [1.165, 1.54) is 10.4 Å². The topological polar surface area (TPSA) is 106 Å². The number of sulfonamides is 1. The molecule has 1 fully saturated rings. The lowest BCUT2D eigenvalue weighted by atomic mass is 10.1. The first-order valence-corrected chi connectivity index (χ1v) is 10.0. The molecule has 1 saturated heterocycles. The molecule has 0 bridgehead atoms. The van der Waals surface area contributed by atoms with Crippen LogP contribution in [0.3, 0.4) is 0 Å². The smallest absolute Gasteiger partial charge is 0.291 e. The van der Waals surface area contributed by atoms with E-state index in [1.54, 1.807) is 19.1 Å². The Morgan fingerprint density at radius 1 is 1.23 bits per heavy atom. The van der Waals surface area contributed by atoms with Crippen LogP contribution in [0.25, 0.3) is 0 Å². The van der Waals surface area contributed by atoms with Crippen molar-refractivity contribution < 1.29 is 17.6 Å². The van der Waals surface area contributed by atoms with Crippen LogP contribution in [0.1, 0.15) is 47.7 Å². The molecule has 8 heteroatoms. The van der Waals surface area contributed by atoms with E-state index in [2.05, 4.69) is 5.32 Å². The molecule has 0 radical (unpaired) electrons. The second kappa shape index (κ2) is 7.22. The Kier molecular flexibility index (Phi) is 5.17. The predicted molar refractivity (Wildman–Crippen MR) is 98.4 cm³/mol. The van der Waals surface area contributed by atoms with Gasteiger partial charge in [-0.15, -0.1) is 0 Å². The van der Waals surface area contributed by atoms with Gasteiger partial charge in [0.1, 0.15) is 10.7 Å². The average Bonchev–Trinajstić information content (AvgIpc) is 3.25. The molecule has 7 nitrogen and oxygen atoms in total. The fourth-order valence-corrected chi connectivity index (χ4v) is 4.64. The zero-order valence-corrected chi connectivity index (χ0v) is 15.7. The first kappa shape index (κ1) is 18.6. The fraction of sp³-hybridized carbons (Fsp3) is 0.389. The van der Waals surface area contributed by atoms with E-state index in [-0.39, 0.29) is 22.5 Å². The number of nitrogens with one attached hydrogen (secondary N) is 1. The molecule has 0 aliphatic carbocycles. The van der Waals surface area contributed by atoms with Crippen molar-refractivity contribution in [1.29, 1.82) is 0 Å². The zero-order chi connectivity index (χ0) is 18.9. The van der Waals surface area contributed by atoms with Gasteiger partial charge in [-0.2, -0.15) is 4.31 Å². The third-order valence-electron chi connectivity index (χ3n) is 4.47. The second-order valence-corrected chi connectivity index (χ2v) is 8.41. The molecule has 3 rings (SSSR count). The van der Waals surface area contributed by atoms with Crippen LogP contribution in [0.4, 0.5) is 5.69 Å². The van der Waals surface area contributed by atoms with Gasteiger partial charge in [-0.25, -0.2) is 8.42 Å². The highest BCUT2D eigenvalue weighted by Crippen LogP contribution is 2.27. The van der Waals surface area contributed by atoms with Crippen LogP contribution >= 0.6 is 0 Å². The van der Waals surface area contributed by atoms with E-state index in [0.29, 0.717) is 18.8 Å². The number of amides is 1. The number of rotatable bonds is 5. The van der Waals surface area contributed by atoms with Gasteiger partial charge in [0.05, 0.1) is 0 Å². The van der Waals surface area contributed by atoms with Gasteiger partial charge in [-0.05, 0) is 44.4 Å². The molecule has 0 spiro atoms. The quantitative estimate of drug-likeness (QED) is 0.833. The number of carbonyl (C=O) groups is 1. The number of furan rings is 1. The summed E-state index contributed by atoms with van der Waals surface area (Å²) in [6, 6.07) is 8.36. The normalized spacial score (nSPS) is 16.6. The summed E-state index contributed by atoms with van der Waals surface area (Å²) in [5.74, 6) is -0.310. The Hall–Kier alpha value is -2.16. The minimum atomic E-state index is -3.62. The van der Waals surface area contributed by atoms with Crippen molar-refractivity contribution >= 4 is 21.6 Å². The summed E-state index contributed by atoms with van der Waals surface area (Å²) in [4.78, 5) is 12.5. The molecule has 140 valence electrons. The Labute approximate surface area is 153 Å². The van der Waals surface area contributed by atoms with Crippen LogP contribution < -0.4 is 11.1 Å². The maximum Gasteiger partial charge on any atom is 0.291 e. The summed E-state index contributed by atoms with van der Waals surface area (Å²) in [7, 11) is -3.62. The zero-order valence-electron chi connectivity index (χ0n) is 14.9. The first-order valence-electron chi connectivity index (χ1n) is 8.56. The molecule has 2 heterocycles. The summed E-state index contributed by atoms with van der Waals surface area (Å²) in [6.07, 6.45) is 1.70. The van der Waals surface area contributed by atoms with Gasteiger partial charge in [0.25, 0.3) is 5.91 Å². The highest BCUT2D eigenvalue weighted by atomic mass is 32.2. The van der Waals surface area contributed by atoms with Gasteiger partial charge in [0.15, 0.2) is 5.76 Å². The van der Waals surface area contributed by atoms with Crippen LogP contribution in [-0.4, -0.2) is 31.7 Å². The molecule has 3 N–H and O–H groups in total. The van der Waals surface area contributed by atoms with Gasteiger partial charge in [0.2, 0.25) is 10.0 Å². The number of aryl methyl sites for hydroxylation is 1. The summed E-state index contributed by atoms with van der Waals surface area (Å²) >= 11 is 0. The van der Waals surface area contributed by atoms with E-state index in [4.69, 9.17) is 10.2 Å². The van der Waals surface area contributed by atoms with Crippen LogP contribution in [0.15, 0.2) is 39.6 Å². The molecular formula is C18H23N3O4S. The van der Waals surface area contributed by atoms with Gasteiger partial charge in [-0.1, -0.05) is 12.1 Å². The number of carbonyl (C=O) groups excluding carboxylic acids is 1. The van der Waals surface area contributed by atoms with Crippen molar-refractivity contribution in [3.8, 4) is 0 Å². The molecule has 0 unspecified atom stereocenters. The number of hydrogen-bond acceptors (Lipinski definition) is 5. The molecule has 1 aromatic heterocycles. The van der Waals surface area contributed by atoms with Crippen molar-refractivity contribution in [2.45, 2.75) is 37.6 Å². The Morgan fingerprint density at radius 3 is 2.42 bits per heavy atom. The minimum absolute atomic E-state index is 0.0310. The molecule has 1 amide bonds. The van der Waals surface area contributed by atoms with Crippen molar-refractivity contribution in [3.05, 3.63) is 47.4 Å². The van der Waals surface area contributed by atoms with E-state index in [1.807, 2.05) is 19.1 Å². The number of anilines is 1. The van der Waals surface area contributed by atoms with E-state index < -0.39 is 15.9 Å². The Balaban J connectivity index is 1.78. The largest absolute Gasteiger partial charge is 0.455 e. The van der Waals surface area contributed by atoms with Crippen molar-refractivity contribution in [3.63, 3.8) is 0 Å². The number of nitrogens with zero attached hydrogens (tertiary/aromatic N) is 1. The average molecular weight is 377 g/mol. The van der Waals surface area contributed by atoms with Crippen molar-refractivity contribution in [1.82, 2.24) is 4.31 Å². The van der Waals surface area contributed by atoms with Gasteiger partial charge >= 0.3 is 0 Å².